The highest BCUT2D eigenvalue weighted by Gasteiger charge is 2.07. The van der Waals surface area contributed by atoms with E-state index in [2.05, 4.69) is 15.3 Å². The number of H-pyrrole nitrogens is 1. The standard InChI is InChI=1S/C11H8F2IN3O/c12-7-2-1-6(8(13)3-7)4-15-10-9(14)11(18)17-5-16-10/h1-3,5H,4H2,(H2,15,16,17,18). The Morgan fingerprint density at radius 1 is 1.39 bits per heavy atom. The van der Waals surface area contributed by atoms with Crippen molar-refractivity contribution >= 4 is 28.4 Å². The third kappa shape index (κ3) is 2.84. The van der Waals surface area contributed by atoms with Crippen molar-refractivity contribution in [3.05, 3.63) is 55.6 Å². The van der Waals surface area contributed by atoms with Crippen molar-refractivity contribution in [1.82, 2.24) is 9.97 Å². The van der Waals surface area contributed by atoms with E-state index in [1.165, 1.54) is 18.5 Å². The molecule has 0 aliphatic carbocycles. The Labute approximate surface area is 115 Å². The summed E-state index contributed by atoms with van der Waals surface area (Å²) in [6.07, 6.45) is 1.26. The summed E-state index contributed by atoms with van der Waals surface area (Å²) < 4.78 is 26.5. The lowest BCUT2D eigenvalue weighted by molar-refractivity contribution is 0.574. The van der Waals surface area contributed by atoms with Gasteiger partial charge in [0.15, 0.2) is 0 Å². The number of halogens is 3. The van der Waals surface area contributed by atoms with Crippen molar-refractivity contribution in [3.63, 3.8) is 0 Å². The zero-order valence-corrected chi connectivity index (χ0v) is 11.2. The number of nitrogens with zero attached hydrogens (tertiary/aromatic N) is 1. The van der Waals surface area contributed by atoms with Crippen LogP contribution in [0.5, 0.6) is 0 Å². The van der Waals surface area contributed by atoms with Gasteiger partial charge in [0.25, 0.3) is 5.56 Å². The van der Waals surface area contributed by atoms with Crippen LogP contribution in [-0.2, 0) is 6.54 Å². The first-order valence-electron chi connectivity index (χ1n) is 4.99. The lowest BCUT2D eigenvalue weighted by atomic mass is 10.2. The van der Waals surface area contributed by atoms with Gasteiger partial charge in [0.2, 0.25) is 0 Å². The van der Waals surface area contributed by atoms with E-state index in [0.29, 0.717) is 15.0 Å². The zero-order chi connectivity index (χ0) is 13.1. The smallest absolute Gasteiger partial charge is 0.266 e. The molecule has 0 aliphatic rings. The molecule has 0 bridgehead atoms. The van der Waals surface area contributed by atoms with Crippen LogP contribution in [0.1, 0.15) is 5.56 Å². The Morgan fingerprint density at radius 3 is 2.89 bits per heavy atom. The van der Waals surface area contributed by atoms with Crippen molar-refractivity contribution in [3.8, 4) is 0 Å². The number of hydrogen-bond donors (Lipinski definition) is 2. The molecule has 1 aromatic heterocycles. The molecule has 2 N–H and O–H groups in total. The highest BCUT2D eigenvalue weighted by atomic mass is 127. The second-order valence-corrected chi connectivity index (χ2v) is 4.56. The predicted octanol–water partition coefficient (Wildman–Crippen LogP) is 2.26. The van der Waals surface area contributed by atoms with Gasteiger partial charge in [-0.25, -0.2) is 13.8 Å². The van der Waals surface area contributed by atoms with E-state index < -0.39 is 11.6 Å². The molecule has 0 aliphatic heterocycles. The topological polar surface area (TPSA) is 57.8 Å². The molecule has 0 radical (unpaired) electrons. The van der Waals surface area contributed by atoms with Gasteiger partial charge >= 0.3 is 0 Å². The third-order valence-corrected chi connectivity index (χ3v) is 3.26. The Hall–Kier alpha value is -1.51. The number of anilines is 1. The van der Waals surface area contributed by atoms with Crippen molar-refractivity contribution in [2.24, 2.45) is 0 Å². The van der Waals surface area contributed by atoms with Crippen LogP contribution in [0.3, 0.4) is 0 Å². The fourth-order valence-electron chi connectivity index (χ4n) is 1.35. The van der Waals surface area contributed by atoms with E-state index in [-0.39, 0.29) is 12.1 Å². The second kappa shape index (κ2) is 5.42. The van der Waals surface area contributed by atoms with Crippen LogP contribution >= 0.6 is 22.6 Å². The molecule has 2 aromatic rings. The lowest BCUT2D eigenvalue weighted by Crippen LogP contribution is -2.15. The Balaban J connectivity index is 2.16. The zero-order valence-electron chi connectivity index (χ0n) is 9.01. The van der Waals surface area contributed by atoms with Gasteiger partial charge in [0.1, 0.15) is 21.0 Å². The van der Waals surface area contributed by atoms with Gasteiger partial charge in [-0.3, -0.25) is 4.79 Å². The molecule has 1 heterocycles. The van der Waals surface area contributed by atoms with Gasteiger partial charge in [0, 0.05) is 18.2 Å². The molecule has 18 heavy (non-hydrogen) atoms. The van der Waals surface area contributed by atoms with E-state index in [1.54, 1.807) is 0 Å². The van der Waals surface area contributed by atoms with Crippen molar-refractivity contribution < 1.29 is 8.78 Å². The molecule has 0 atom stereocenters. The summed E-state index contributed by atoms with van der Waals surface area (Å²) in [4.78, 5) is 17.6. The number of aromatic amines is 1. The molecule has 0 fully saturated rings. The van der Waals surface area contributed by atoms with Gasteiger partial charge in [0.05, 0.1) is 6.33 Å². The van der Waals surface area contributed by atoms with Gasteiger partial charge in [-0.05, 0) is 28.7 Å². The van der Waals surface area contributed by atoms with E-state index in [0.717, 1.165) is 6.07 Å². The number of nitrogens with one attached hydrogen (secondary N) is 2. The van der Waals surface area contributed by atoms with Crippen molar-refractivity contribution in [2.75, 3.05) is 5.32 Å². The summed E-state index contributed by atoms with van der Waals surface area (Å²) in [5, 5.41) is 2.83. The maximum absolute atomic E-state index is 13.4. The van der Waals surface area contributed by atoms with Crippen LogP contribution in [-0.4, -0.2) is 9.97 Å². The van der Waals surface area contributed by atoms with Crippen LogP contribution in [0.2, 0.25) is 0 Å². The molecular formula is C11H8F2IN3O. The first kappa shape index (κ1) is 12.9. The van der Waals surface area contributed by atoms with Crippen molar-refractivity contribution in [1.29, 1.82) is 0 Å². The summed E-state index contributed by atoms with van der Waals surface area (Å²) >= 11 is 1.84. The summed E-state index contributed by atoms with van der Waals surface area (Å²) in [5.74, 6) is -0.898. The minimum atomic E-state index is -0.637. The summed E-state index contributed by atoms with van der Waals surface area (Å²) in [7, 11) is 0. The van der Waals surface area contributed by atoms with Crippen molar-refractivity contribution in [2.45, 2.75) is 6.54 Å². The molecule has 4 nitrogen and oxygen atoms in total. The first-order valence-corrected chi connectivity index (χ1v) is 6.07. The van der Waals surface area contributed by atoms with Crippen LogP contribution < -0.4 is 10.9 Å². The number of aromatic nitrogens is 2. The number of hydrogen-bond acceptors (Lipinski definition) is 3. The highest BCUT2D eigenvalue weighted by Crippen LogP contribution is 2.13. The maximum atomic E-state index is 13.4. The normalized spacial score (nSPS) is 10.4. The monoisotopic (exact) mass is 363 g/mol. The SMILES string of the molecule is O=c1[nH]cnc(NCc2ccc(F)cc2F)c1I. The minimum Gasteiger partial charge on any atom is -0.365 e. The van der Waals surface area contributed by atoms with E-state index >= 15 is 0 Å². The lowest BCUT2D eigenvalue weighted by Gasteiger charge is -2.07. The molecular weight excluding hydrogens is 355 g/mol. The fourth-order valence-corrected chi connectivity index (χ4v) is 1.84. The van der Waals surface area contributed by atoms with E-state index in [9.17, 15) is 13.6 Å². The molecule has 0 spiro atoms. The third-order valence-electron chi connectivity index (χ3n) is 2.26. The predicted molar refractivity (Wildman–Crippen MR) is 71.3 cm³/mol. The largest absolute Gasteiger partial charge is 0.365 e. The molecule has 7 heteroatoms. The van der Waals surface area contributed by atoms with Crippen LogP contribution in [0.25, 0.3) is 0 Å². The van der Waals surface area contributed by atoms with Gasteiger partial charge in [-0.1, -0.05) is 6.07 Å². The van der Waals surface area contributed by atoms with E-state index in [1.807, 2.05) is 22.6 Å². The number of rotatable bonds is 3. The Morgan fingerprint density at radius 2 is 2.17 bits per heavy atom. The molecule has 0 unspecified atom stereocenters. The van der Waals surface area contributed by atoms with E-state index in [4.69, 9.17) is 0 Å². The van der Waals surface area contributed by atoms with Gasteiger partial charge < -0.3 is 10.3 Å². The summed E-state index contributed by atoms with van der Waals surface area (Å²) in [6.45, 7) is 0.124. The molecule has 0 saturated heterocycles. The first-order chi connectivity index (χ1) is 8.58. The van der Waals surface area contributed by atoms with Crippen LogP contribution in [0, 0.1) is 15.2 Å². The molecule has 0 amide bonds. The summed E-state index contributed by atoms with van der Waals surface area (Å²) in [6, 6.07) is 3.33. The molecule has 0 saturated carbocycles. The number of benzene rings is 1. The summed E-state index contributed by atoms with van der Waals surface area (Å²) in [5.41, 5.74) is 0.0296. The van der Waals surface area contributed by atoms with Gasteiger partial charge in [-0.15, -0.1) is 0 Å². The highest BCUT2D eigenvalue weighted by molar-refractivity contribution is 14.1. The Bertz CT molecular complexity index is 630. The quantitative estimate of drug-likeness (QED) is 0.823. The van der Waals surface area contributed by atoms with Crippen LogP contribution in [0.4, 0.5) is 14.6 Å². The molecule has 2 rings (SSSR count). The average Bonchev–Trinajstić information content (AvgIpc) is 2.33. The Kier molecular flexibility index (Phi) is 3.90. The average molecular weight is 363 g/mol. The maximum Gasteiger partial charge on any atom is 0.266 e. The van der Waals surface area contributed by atoms with Gasteiger partial charge in [-0.2, -0.15) is 0 Å². The molecule has 94 valence electrons. The second-order valence-electron chi connectivity index (χ2n) is 3.48. The fraction of sp³-hybridized carbons (Fsp3) is 0.0909. The van der Waals surface area contributed by atoms with Crippen LogP contribution in [0.15, 0.2) is 29.3 Å². The minimum absolute atomic E-state index is 0.124. The molecule has 1 aromatic carbocycles.